The van der Waals surface area contributed by atoms with Crippen LogP contribution in [0.15, 0.2) is 22.2 Å². The number of nitrogens with two attached hydrogens (primary N) is 1. The summed E-state index contributed by atoms with van der Waals surface area (Å²) in [6.45, 7) is 2.93. The summed E-state index contributed by atoms with van der Waals surface area (Å²) in [7, 11) is -3.34. The summed E-state index contributed by atoms with van der Waals surface area (Å²) in [6.07, 6.45) is 0.944. The summed E-state index contributed by atoms with van der Waals surface area (Å²) in [5.74, 6) is 4.49. The Bertz CT molecular complexity index is 222. The monoisotopic (exact) mass is 226 g/mol. The Kier molecular flexibility index (Phi) is 8.67. The van der Waals surface area contributed by atoms with Crippen LogP contribution < -0.4 is 5.84 Å². The standard InChI is InChI=1S/C2H3O2S.CH4N4.Cu/c1-2-5(3)4;2-4-1-5-3;/h2H,1H2;1-2H,3H2;/b;4-2?,5-1+;. The molecule has 3 N–H and O–H groups in total. The molecule has 0 aliphatic rings. The average Bonchev–Trinajstić information content (AvgIpc) is 1.90. The molecule has 0 radical (unpaired) electrons. The first-order valence-electron chi connectivity index (χ1n) is 2.10. The molecule has 0 rings (SSSR count). The molecule has 0 heterocycles. The average molecular weight is 227 g/mol. The molecule has 0 aliphatic heterocycles. The van der Waals surface area contributed by atoms with E-state index in [1.165, 1.54) is 0 Å². The first-order valence-corrected chi connectivity index (χ1v) is 4.64. The van der Waals surface area contributed by atoms with Gasteiger partial charge in [0, 0.05) is 0 Å². The van der Waals surface area contributed by atoms with Crippen LogP contribution in [0.5, 0.6) is 0 Å². The summed E-state index contributed by atoms with van der Waals surface area (Å²) in [5.41, 5.74) is 6.00. The number of hydrogen-bond acceptors (Lipinski definition) is 5. The third-order valence-electron chi connectivity index (χ3n) is 0.311. The van der Waals surface area contributed by atoms with Gasteiger partial charge >= 0.3 is 43.6 Å². The van der Waals surface area contributed by atoms with E-state index in [1.807, 2.05) is 0 Å². The Hall–Kier alpha value is -0.721. The minimum Gasteiger partial charge on any atom is -0.322 e. The maximum absolute atomic E-state index is 9.69. The second-order valence-electron chi connectivity index (χ2n) is 0.992. The molecule has 0 saturated carbocycles. The van der Waals surface area contributed by atoms with Crippen LogP contribution in [0.25, 0.3) is 0 Å². The van der Waals surface area contributed by atoms with Crippen molar-refractivity contribution in [1.82, 2.24) is 0 Å². The molecular formula is C3H7CuN4O2S. The fourth-order valence-electron chi connectivity index (χ4n) is 0.0333. The van der Waals surface area contributed by atoms with E-state index in [9.17, 15) is 8.42 Å². The third kappa shape index (κ3) is 26.8. The molecule has 0 saturated heterocycles. The minimum absolute atomic E-state index is 0.715. The molecule has 0 bridgehead atoms. The van der Waals surface area contributed by atoms with E-state index >= 15 is 0 Å². The smallest absolute Gasteiger partial charge is 0.156 e. The molecule has 0 fully saturated rings. The van der Waals surface area contributed by atoms with Crippen molar-refractivity contribution < 1.29 is 23.3 Å². The number of hydrazone groups is 1. The quantitative estimate of drug-likeness (QED) is 0.172. The van der Waals surface area contributed by atoms with Crippen molar-refractivity contribution in [2.24, 2.45) is 16.1 Å². The molecular weight excluding hydrogens is 220 g/mol. The van der Waals surface area contributed by atoms with Crippen molar-refractivity contribution in [1.29, 1.82) is 5.53 Å². The molecule has 0 amide bonds. The Morgan fingerprint density at radius 1 is 1.64 bits per heavy atom. The van der Waals surface area contributed by atoms with Gasteiger partial charge < -0.3 is 5.84 Å². The molecule has 6 nitrogen and oxygen atoms in total. The predicted octanol–water partition coefficient (Wildman–Crippen LogP) is -0.0741. The van der Waals surface area contributed by atoms with Gasteiger partial charge in [-0.05, 0) is 0 Å². The van der Waals surface area contributed by atoms with Crippen molar-refractivity contribution >= 4 is 14.6 Å². The van der Waals surface area contributed by atoms with Gasteiger partial charge in [-0.3, -0.25) is 0 Å². The van der Waals surface area contributed by atoms with Crippen LogP contribution in [0.3, 0.4) is 0 Å². The molecule has 0 aromatic rings. The first kappa shape index (κ1) is 12.9. The molecule has 0 aliphatic carbocycles. The topological polar surface area (TPSA) is 109 Å². The van der Waals surface area contributed by atoms with E-state index in [0.29, 0.717) is 5.41 Å². The number of hydrogen-bond donors (Lipinski definition) is 2. The fourth-order valence-corrected chi connectivity index (χ4v) is 0.0333. The van der Waals surface area contributed by atoms with Crippen molar-refractivity contribution in [3.8, 4) is 0 Å². The van der Waals surface area contributed by atoms with Crippen LogP contribution in [-0.4, -0.2) is 14.8 Å². The van der Waals surface area contributed by atoms with E-state index in [2.05, 4.69) is 37.5 Å². The van der Waals surface area contributed by atoms with Gasteiger partial charge in [0.15, 0.2) is 6.34 Å². The predicted molar refractivity (Wildman–Crippen MR) is 36.9 cm³/mol. The van der Waals surface area contributed by atoms with Crippen molar-refractivity contribution in [2.45, 2.75) is 0 Å². The van der Waals surface area contributed by atoms with E-state index in [4.69, 9.17) is 5.53 Å². The zero-order chi connectivity index (χ0) is 9.33. The number of rotatable bonds is 2. The van der Waals surface area contributed by atoms with E-state index < -0.39 is 8.26 Å². The van der Waals surface area contributed by atoms with Crippen molar-refractivity contribution in [3.63, 3.8) is 0 Å². The zero-order valence-corrected chi connectivity index (χ0v) is 7.12. The van der Waals surface area contributed by atoms with E-state index in [1.54, 1.807) is 0 Å². The minimum atomic E-state index is -3.34. The van der Waals surface area contributed by atoms with Gasteiger partial charge in [0.2, 0.25) is 0 Å². The van der Waals surface area contributed by atoms with Gasteiger partial charge in [0.25, 0.3) is 0 Å². The Morgan fingerprint density at radius 3 is 2.00 bits per heavy atom. The van der Waals surface area contributed by atoms with Gasteiger partial charge in [-0.15, -0.1) is 5.11 Å². The molecule has 0 aromatic carbocycles. The van der Waals surface area contributed by atoms with Crippen LogP contribution in [0, 0.1) is 5.53 Å². The SMILES string of the molecule is C=C[S](=O)(=O)[Cu].N=N/C=N/N. The molecule has 0 atom stereocenters. The maximum atomic E-state index is 9.69. The van der Waals surface area contributed by atoms with Gasteiger partial charge in [0.05, 0.1) is 0 Å². The molecule has 0 spiro atoms. The molecule has 0 unspecified atom stereocenters. The van der Waals surface area contributed by atoms with Crippen LogP contribution in [0.1, 0.15) is 0 Å². The normalized spacial score (nSPS) is 10.0. The second kappa shape index (κ2) is 7.39. The van der Waals surface area contributed by atoms with Crippen LogP contribution in [0.4, 0.5) is 0 Å². The summed E-state index contributed by atoms with van der Waals surface area (Å²) in [6, 6.07) is 0. The summed E-state index contributed by atoms with van der Waals surface area (Å²) < 4.78 is 19.4. The summed E-state index contributed by atoms with van der Waals surface area (Å²) >= 11 is 3.98. The zero-order valence-electron chi connectivity index (χ0n) is 5.36. The number of nitrogens with zero attached hydrogens (tertiary/aromatic N) is 2. The van der Waals surface area contributed by atoms with Gasteiger partial charge in [-0.25, -0.2) is 5.53 Å². The second-order valence-corrected chi connectivity index (χ2v) is 3.80. The molecule has 11 heavy (non-hydrogen) atoms. The first-order chi connectivity index (χ1) is 4.97. The van der Waals surface area contributed by atoms with Gasteiger partial charge in [-0.2, -0.15) is 5.10 Å². The van der Waals surface area contributed by atoms with E-state index in [0.717, 1.165) is 6.34 Å². The largest absolute Gasteiger partial charge is 0.322 e. The van der Waals surface area contributed by atoms with Crippen LogP contribution in [0.2, 0.25) is 0 Å². The van der Waals surface area contributed by atoms with Gasteiger partial charge in [0.1, 0.15) is 0 Å². The molecule has 0 aromatic heterocycles. The van der Waals surface area contributed by atoms with E-state index in [-0.39, 0.29) is 0 Å². The summed E-state index contributed by atoms with van der Waals surface area (Å²) in [4.78, 5) is 0. The Labute approximate surface area is 71.9 Å². The van der Waals surface area contributed by atoms with Crippen LogP contribution in [-0.2, 0) is 23.1 Å². The Balaban J connectivity index is 0. The van der Waals surface area contributed by atoms with Gasteiger partial charge in [-0.1, -0.05) is 0 Å². The summed E-state index contributed by atoms with van der Waals surface area (Å²) in [5, 5.41) is 6.28. The van der Waals surface area contributed by atoms with Crippen LogP contribution >= 0.6 is 0 Å². The maximum Gasteiger partial charge on any atom is 0.156 e. The van der Waals surface area contributed by atoms with Crippen molar-refractivity contribution in [3.05, 3.63) is 12.0 Å². The molecule has 8 heteroatoms. The fraction of sp³-hybridized carbons (Fsp3) is 0. The number of nitrogens with one attached hydrogen (secondary N) is 1. The Morgan fingerprint density at radius 2 is 2.00 bits per heavy atom. The third-order valence-corrected chi connectivity index (χ3v) is 1.15. The molecule has 68 valence electrons. The van der Waals surface area contributed by atoms with Crippen molar-refractivity contribution in [2.75, 3.05) is 0 Å².